The lowest BCUT2D eigenvalue weighted by atomic mass is 10.0. The normalized spacial score (nSPS) is 12.1. The number of unbranched alkanes of at least 4 members (excludes halogenated alkanes) is 9. The average molecular weight is 401 g/mol. The Morgan fingerprint density at radius 2 is 0.885 bits per heavy atom. The van der Waals surface area contributed by atoms with E-state index in [4.69, 9.17) is 35.9 Å². The van der Waals surface area contributed by atoms with Gasteiger partial charge in [0.1, 0.15) is 0 Å². The molecule has 0 aliphatic heterocycles. The summed E-state index contributed by atoms with van der Waals surface area (Å²) in [6, 6.07) is 0. The minimum Gasteiger partial charge on any atom is -0.375 e. The van der Waals surface area contributed by atoms with Gasteiger partial charge >= 0.3 is 0 Å². The molecule has 26 heavy (non-hydrogen) atoms. The summed E-state index contributed by atoms with van der Waals surface area (Å²) in [5, 5.41) is 8.67. The van der Waals surface area contributed by atoms with Crippen LogP contribution >= 0.6 is 24.4 Å². The van der Waals surface area contributed by atoms with E-state index >= 15 is 0 Å². The molecule has 0 aromatic rings. The van der Waals surface area contributed by atoms with E-state index in [1.165, 1.54) is 64.2 Å². The second-order valence-corrected chi connectivity index (χ2v) is 7.56. The van der Waals surface area contributed by atoms with Gasteiger partial charge in [-0.2, -0.15) is 10.2 Å². The number of nitrogens with two attached hydrogens (primary N) is 2. The van der Waals surface area contributed by atoms with Gasteiger partial charge in [-0.05, 0) is 64.0 Å². The first-order valence-electron chi connectivity index (χ1n) is 9.59. The Morgan fingerprint density at radius 3 is 1.15 bits per heavy atom. The number of nitrogens with zero attached hydrogens (tertiary/aromatic N) is 2. The minimum absolute atomic E-state index is 0.223. The molecule has 0 aromatic carbocycles. The van der Waals surface area contributed by atoms with Crippen molar-refractivity contribution in [2.75, 3.05) is 0 Å². The molecule has 0 aromatic heterocycles. The summed E-state index contributed by atoms with van der Waals surface area (Å²) in [6.07, 6.45) is 14.9. The minimum atomic E-state index is 0.223. The van der Waals surface area contributed by atoms with Gasteiger partial charge in [0.15, 0.2) is 10.2 Å². The van der Waals surface area contributed by atoms with Crippen LogP contribution in [0.1, 0.15) is 90.9 Å². The SMILES string of the molecule is CC(CCCCCCCCCCCCC(C)=NNC(N)=S)=NNC(N)=S. The molecular weight excluding hydrogens is 364 g/mol. The van der Waals surface area contributed by atoms with E-state index in [2.05, 4.69) is 21.1 Å². The van der Waals surface area contributed by atoms with Crippen molar-refractivity contribution in [1.82, 2.24) is 10.9 Å². The number of rotatable bonds is 15. The largest absolute Gasteiger partial charge is 0.375 e. The Hall–Kier alpha value is -1.28. The molecule has 0 amide bonds. The smallest absolute Gasteiger partial charge is 0.184 e. The number of nitrogens with one attached hydrogen (secondary N) is 2. The zero-order valence-electron chi connectivity index (χ0n) is 16.4. The Balaban J connectivity index is 3.34. The van der Waals surface area contributed by atoms with E-state index in [0.29, 0.717) is 0 Å². The summed E-state index contributed by atoms with van der Waals surface area (Å²) < 4.78 is 0. The maximum Gasteiger partial charge on any atom is 0.184 e. The highest BCUT2D eigenvalue weighted by atomic mass is 32.1. The lowest BCUT2D eigenvalue weighted by Gasteiger charge is -2.04. The van der Waals surface area contributed by atoms with Crippen molar-refractivity contribution in [2.24, 2.45) is 21.7 Å². The molecule has 8 heteroatoms. The van der Waals surface area contributed by atoms with E-state index < -0.39 is 0 Å². The Morgan fingerprint density at radius 1 is 0.615 bits per heavy atom. The third-order valence-corrected chi connectivity index (χ3v) is 4.22. The monoisotopic (exact) mass is 400 g/mol. The van der Waals surface area contributed by atoms with Crippen molar-refractivity contribution in [1.29, 1.82) is 0 Å². The van der Waals surface area contributed by atoms with Crippen molar-refractivity contribution in [3.8, 4) is 0 Å². The number of hydrogen-bond donors (Lipinski definition) is 4. The molecule has 6 nitrogen and oxygen atoms in total. The van der Waals surface area contributed by atoms with Crippen molar-refractivity contribution < 1.29 is 0 Å². The molecule has 0 aliphatic rings. The first kappa shape index (κ1) is 24.7. The topological polar surface area (TPSA) is 101 Å². The van der Waals surface area contributed by atoms with Crippen LogP contribution in [0.25, 0.3) is 0 Å². The highest BCUT2D eigenvalue weighted by Gasteiger charge is 1.97. The van der Waals surface area contributed by atoms with Gasteiger partial charge in [0, 0.05) is 11.4 Å². The molecule has 0 atom stereocenters. The Bertz CT molecular complexity index is 421. The third kappa shape index (κ3) is 19.1. The molecule has 0 heterocycles. The summed E-state index contributed by atoms with van der Waals surface area (Å²) in [6.45, 7) is 4.00. The van der Waals surface area contributed by atoms with Crippen molar-refractivity contribution >= 4 is 46.1 Å². The van der Waals surface area contributed by atoms with Crippen molar-refractivity contribution in [2.45, 2.75) is 90.9 Å². The third-order valence-electron chi connectivity index (χ3n) is 4.04. The van der Waals surface area contributed by atoms with Crippen LogP contribution in [-0.2, 0) is 0 Å². The Kier molecular flexibility index (Phi) is 16.3. The van der Waals surface area contributed by atoms with Gasteiger partial charge in [0.05, 0.1) is 0 Å². The van der Waals surface area contributed by atoms with E-state index in [9.17, 15) is 0 Å². The molecule has 0 spiro atoms. The van der Waals surface area contributed by atoms with Crippen LogP contribution in [0.2, 0.25) is 0 Å². The second-order valence-electron chi connectivity index (χ2n) is 6.68. The predicted octanol–water partition coefficient (Wildman–Crippen LogP) is 4.09. The molecule has 0 saturated heterocycles. The fourth-order valence-electron chi connectivity index (χ4n) is 2.59. The zero-order chi connectivity index (χ0) is 19.6. The number of hydrazone groups is 2. The molecule has 0 fully saturated rings. The fourth-order valence-corrected chi connectivity index (χ4v) is 2.68. The lowest BCUT2D eigenvalue weighted by Crippen LogP contribution is -2.25. The van der Waals surface area contributed by atoms with Gasteiger partial charge < -0.3 is 11.5 Å². The molecule has 0 bridgehead atoms. The van der Waals surface area contributed by atoms with Crippen LogP contribution in [0.15, 0.2) is 10.2 Å². The second kappa shape index (κ2) is 17.1. The van der Waals surface area contributed by atoms with Crippen LogP contribution in [0.4, 0.5) is 0 Å². The molecule has 0 radical (unpaired) electrons. The van der Waals surface area contributed by atoms with Gasteiger partial charge in [0.2, 0.25) is 0 Å². The van der Waals surface area contributed by atoms with Crippen molar-refractivity contribution in [3.63, 3.8) is 0 Å². The van der Waals surface area contributed by atoms with E-state index in [1.54, 1.807) is 0 Å². The van der Waals surface area contributed by atoms with Crippen LogP contribution < -0.4 is 22.3 Å². The number of thiocarbonyl (C=S) groups is 2. The summed E-state index contributed by atoms with van der Waals surface area (Å²) in [5.41, 5.74) is 18.0. The van der Waals surface area contributed by atoms with Crippen LogP contribution in [-0.4, -0.2) is 21.6 Å². The van der Waals surface area contributed by atoms with E-state index in [1.807, 2.05) is 13.8 Å². The molecule has 0 saturated carbocycles. The Labute approximate surface area is 169 Å². The molecular formula is C18H36N6S2. The molecule has 150 valence electrons. The first-order valence-corrected chi connectivity index (χ1v) is 10.4. The average Bonchev–Trinajstić information content (AvgIpc) is 2.59. The van der Waals surface area contributed by atoms with E-state index in [-0.39, 0.29) is 10.2 Å². The lowest BCUT2D eigenvalue weighted by molar-refractivity contribution is 0.556. The van der Waals surface area contributed by atoms with Gasteiger partial charge in [-0.3, -0.25) is 10.9 Å². The maximum atomic E-state index is 5.33. The summed E-state index contributed by atoms with van der Waals surface area (Å²) in [5.74, 6) is 0. The number of hydrogen-bond acceptors (Lipinski definition) is 4. The van der Waals surface area contributed by atoms with Gasteiger partial charge in [-0.15, -0.1) is 0 Å². The van der Waals surface area contributed by atoms with Crippen LogP contribution in [0.3, 0.4) is 0 Å². The fraction of sp³-hybridized carbons (Fsp3) is 0.778. The van der Waals surface area contributed by atoms with Crippen LogP contribution in [0, 0.1) is 0 Å². The summed E-state index contributed by atoms with van der Waals surface area (Å²) in [7, 11) is 0. The quantitative estimate of drug-likeness (QED) is 0.143. The summed E-state index contributed by atoms with van der Waals surface area (Å²) >= 11 is 9.43. The molecule has 0 rings (SSSR count). The van der Waals surface area contributed by atoms with Crippen molar-refractivity contribution in [3.05, 3.63) is 0 Å². The zero-order valence-corrected chi connectivity index (χ0v) is 18.0. The van der Waals surface area contributed by atoms with Crippen LogP contribution in [0.5, 0.6) is 0 Å². The molecule has 0 unspecified atom stereocenters. The molecule has 6 N–H and O–H groups in total. The standard InChI is InChI=1S/C18H36N6S2/c1-15(21-23-17(19)25)13-11-9-7-5-3-4-6-8-10-12-14-16(2)22-24-18(20)26/h3-14H2,1-2H3,(H3,19,23,25)(H3,20,24,26). The van der Waals surface area contributed by atoms with Gasteiger partial charge in [-0.25, -0.2) is 0 Å². The molecule has 0 aliphatic carbocycles. The summed E-state index contributed by atoms with van der Waals surface area (Å²) in [4.78, 5) is 0. The van der Waals surface area contributed by atoms with E-state index in [0.717, 1.165) is 24.3 Å². The van der Waals surface area contributed by atoms with Gasteiger partial charge in [0.25, 0.3) is 0 Å². The maximum absolute atomic E-state index is 5.33. The highest BCUT2D eigenvalue weighted by molar-refractivity contribution is 7.80. The highest BCUT2D eigenvalue weighted by Crippen LogP contribution is 2.12. The predicted molar refractivity (Wildman–Crippen MR) is 121 cm³/mol. The first-order chi connectivity index (χ1) is 12.4. The van der Waals surface area contributed by atoms with Gasteiger partial charge in [-0.1, -0.05) is 51.4 Å².